The van der Waals surface area contributed by atoms with Crippen LogP contribution in [-0.2, 0) is 6.54 Å². The van der Waals surface area contributed by atoms with Crippen LogP contribution in [0.25, 0.3) is 0 Å². The molecule has 2 aliphatic carbocycles. The average molecular weight is 280 g/mol. The van der Waals surface area contributed by atoms with E-state index in [0.29, 0.717) is 11.5 Å². The van der Waals surface area contributed by atoms with Gasteiger partial charge in [-0.15, -0.1) is 0 Å². The van der Waals surface area contributed by atoms with E-state index in [1.807, 2.05) is 0 Å². The van der Waals surface area contributed by atoms with E-state index in [2.05, 4.69) is 0 Å². The van der Waals surface area contributed by atoms with Crippen LogP contribution in [0.15, 0.2) is 12.1 Å². The summed E-state index contributed by atoms with van der Waals surface area (Å²) >= 11 is 0. The number of nitrogens with zero attached hydrogens (tertiary/aromatic N) is 1. The van der Waals surface area contributed by atoms with Crippen molar-refractivity contribution < 1.29 is 8.78 Å². The first kappa shape index (κ1) is 13.8. The molecule has 110 valence electrons. The lowest BCUT2D eigenvalue weighted by Gasteiger charge is -2.29. The van der Waals surface area contributed by atoms with Crippen LogP contribution in [0.3, 0.4) is 0 Å². The number of anilines is 1. The molecule has 0 amide bonds. The first-order chi connectivity index (χ1) is 9.58. The first-order valence-electron chi connectivity index (χ1n) is 7.47. The summed E-state index contributed by atoms with van der Waals surface area (Å²) in [6, 6.07) is 2.69. The van der Waals surface area contributed by atoms with E-state index in [4.69, 9.17) is 5.73 Å². The molecule has 20 heavy (non-hydrogen) atoms. The minimum Gasteiger partial charge on any atom is -0.370 e. The molecule has 0 spiro atoms. The highest BCUT2D eigenvalue weighted by Crippen LogP contribution is 2.48. The zero-order chi connectivity index (χ0) is 14.3. The molecule has 3 atom stereocenters. The second kappa shape index (κ2) is 5.32. The first-order valence-corrected chi connectivity index (χ1v) is 7.47. The molecule has 2 bridgehead atoms. The zero-order valence-corrected chi connectivity index (χ0v) is 11.9. The summed E-state index contributed by atoms with van der Waals surface area (Å²) in [5.41, 5.74) is 6.03. The molecule has 3 unspecified atom stereocenters. The van der Waals surface area contributed by atoms with E-state index in [0.717, 1.165) is 18.4 Å². The van der Waals surface area contributed by atoms with Crippen LogP contribution in [0, 0.1) is 29.4 Å². The Labute approximate surface area is 118 Å². The molecule has 1 aromatic carbocycles. The van der Waals surface area contributed by atoms with E-state index < -0.39 is 11.6 Å². The predicted molar refractivity (Wildman–Crippen MR) is 76.5 cm³/mol. The van der Waals surface area contributed by atoms with Crippen LogP contribution in [0.1, 0.15) is 31.2 Å². The second-order valence-electron chi connectivity index (χ2n) is 6.43. The van der Waals surface area contributed by atoms with Gasteiger partial charge in [0.05, 0.1) is 0 Å². The fourth-order valence-electron chi connectivity index (χ4n) is 4.14. The molecule has 0 aromatic heterocycles. The van der Waals surface area contributed by atoms with Crippen LogP contribution in [0.5, 0.6) is 0 Å². The van der Waals surface area contributed by atoms with Gasteiger partial charge in [0.1, 0.15) is 17.3 Å². The average Bonchev–Trinajstić information content (AvgIpc) is 2.99. The van der Waals surface area contributed by atoms with Gasteiger partial charge in [0.15, 0.2) is 0 Å². The number of hydrogen-bond acceptors (Lipinski definition) is 2. The van der Waals surface area contributed by atoms with Crippen molar-refractivity contribution in [2.45, 2.75) is 32.2 Å². The molecule has 0 aliphatic heterocycles. The molecule has 0 radical (unpaired) electrons. The summed E-state index contributed by atoms with van der Waals surface area (Å²) in [5, 5.41) is 0. The Morgan fingerprint density at radius 2 is 1.90 bits per heavy atom. The number of benzene rings is 1. The van der Waals surface area contributed by atoms with Crippen molar-refractivity contribution >= 4 is 5.69 Å². The molecular formula is C16H22F2N2. The zero-order valence-electron chi connectivity index (χ0n) is 11.9. The molecule has 2 nitrogen and oxygen atoms in total. The molecule has 2 saturated carbocycles. The lowest BCUT2D eigenvalue weighted by Crippen LogP contribution is -2.30. The van der Waals surface area contributed by atoms with Gasteiger partial charge in [0.2, 0.25) is 0 Å². The lowest BCUT2D eigenvalue weighted by atomic mass is 9.88. The van der Waals surface area contributed by atoms with Crippen molar-refractivity contribution in [3.05, 3.63) is 29.3 Å². The Balaban J connectivity index is 1.75. The Bertz CT molecular complexity index is 480. The highest BCUT2D eigenvalue weighted by atomic mass is 19.1. The van der Waals surface area contributed by atoms with E-state index in [9.17, 15) is 8.78 Å². The molecule has 1 aromatic rings. The Hall–Kier alpha value is -1.16. The van der Waals surface area contributed by atoms with E-state index >= 15 is 0 Å². The number of halogens is 2. The van der Waals surface area contributed by atoms with Gasteiger partial charge in [-0.25, -0.2) is 8.78 Å². The minimum absolute atomic E-state index is 0.0879. The van der Waals surface area contributed by atoms with Crippen LogP contribution < -0.4 is 10.6 Å². The SMILES string of the molecule is CN(CC1CC2CCC1C2)c1c(F)cc(CN)cc1F. The quantitative estimate of drug-likeness (QED) is 0.917. The summed E-state index contributed by atoms with van der Waals surface area (Å²) < 4.78 is 28.1. The Kier molecular flexibility index (Phi) is 3.67. The standard InChI is InChI=1S/C16H22F2N2/c1-20(9-13-5-10-2-3-12(13)4-10)16-14(17)6-11(8-19)7-15(16)18/h6-7,10,12-13H,2-5,8-9,19H2,1H3. The van der Waals surface area contributed by atoms with Crippen LogP contribution in [0.4, 0.5) is 14.5 Å². The van der Waals surface area contributed by atoms with Crippen molar-refractivity contribution in [3.63, 3.8) is 0 Å². The smallest absolute Gasteiger partial charge is 0.149 e. The van der Waals surface area contributed by atoms with Gasteiger partial charge in [0.25, 0.3) is 0 Å². The van der Waals surface area contributed by atoms with E-state index in [1.165, 1.54) is 37.8 Å². The number of hydrogen-bond donors (Lipinski definition) is 1. The molecular weight excluding hydrogens is 258 g/mol. The number of nitrogens with two attached hydrogens (primary N) is 1. The lowest BCUT2D eigenvalue weighted by molar-refractivity contribution is 0.336. The van der Waals surface area contributed by atoms with Crippen LogP contribution >= 0.6 is 0 Å². The normalized spacial score (nSPS) is 28.1. The summed E-state index contributed by atoms with van der Waals surface area (Å²) in [6.07, 6.45) is 5.17. The van der Waals surface area contributed by atoms with Crippen molar-refractivity contribution in [1.82, 2.24) is 0 Å². The maximum atomic E-state index is 14.1. The van der Waals surface area contributed by atoms with Gasteiger partial charge >= 0.3 is 0 Å². The molecule has 2 N–H and O–H groups in total. The number of rotatable bonds is 4. The van der Waals surface area contributed by atoms with E-state index in [1.54, 1.807) is 11.9 Å². The van der Waals surface area contributed by atoms with Crippen molar-refractivity contribution in [2.75, 3.05) is 18.5 Å². The largest absolute Gasteiger partial charge is 0.370 e. The molecule has 0 heterocycles. The summed E-state index contributed by atoms with van der Waals surface area (Å²) in [7, 11) is 1.79. The summed E-state index contributed by atoms with van der Waals surface area (Å²) in [6.45, 7) is 0.904. The summed E-state index contributed by atoms with van der Waals surface area (Å²) in [5.74, 6) is 1.20. The fraction of sp³-hybridized carbons (Fsp3) is 0.625. The molecule has 0 saturated heterocycles. The van der Waals surface area contributed by atoms with Crippen molar-refractivity contribution in [2.24, 2.45) is 23.5 Å². The molecule has 4 heteroatoms. The molecule has 2 fully saturated rings. The van der Waals surface area contributed by atoms with E-state index in [-0.39, 0.29) is 12.2 Å². The molecule has 3 rings (SSSR count). The van der Waals surface area contributed by atoms with Gasteiger partial charge < -0.3 is 10.6 Å². The Morgan fingerprint density at radius 1 is 1.20 bits per heavy atom. The maximum absolute atomic E-state index is 14.1. The molecule has 2 aliphatic rings. The Morgan fingerprint density at radius 3 is 2.40 bits per heavy atom. The summed E-state index contributed by atoms with van der Waals surface area (Å²) in [4.78, 5) is 1.75. The third-order valence-electron chi connectivity index (χ3n) is 5.09. The van der Waals surface area contributed by atoms with Gasteiger partial charge in [-0.1, -0.05) is 6.42 Å². The predicted octanol–water partition coefficient (Wildman–Crippen LogP) is 3.30. The topological polar surface area (TPSA) is 29.3 Å². The van der Waals surface area contributed by atoms with Crippen molar-refractivity contribution in [1.29, 1.82) is 0 Å². The minimum atomic E-state index is -0.504. The second-order valence-corrected chi connectivity index (χ2v) is 6.43. The van der Waals surface area contributed by atoms with Crippen LogP contribution in [0.2, 0.25) is 0 Å². The van der Waals surface area contributed by atoms with Crippen LogP contribution in [-0.4, -0.2) is 13.6 Å². The van der Waals surface area contributed by atoms with Crippen molar-refractivity contribution in [3.8, 4) is 0 Å². The fourth-order valence-corrected chi connectivity index (χ4v) is 4.14. The highest BCUT2D eigenvalue weighted by Gasteiger charge is 2.40. The number of fused-ring (bicyclic) bond motifs is 2. The van der Waals surface area contributed by atoms with Gasteiger partial charge in [0, 0.05) is 20.1 Å². The maximum Gasteiger partial charge on any atom is 0.149 e. The van der Waals surface area contributed by atoms with Gasteiger partial charge in [-0.05, 0) is 54.7 Å². The highest BCUT2D eigenvalue weighted by molar-refractivity contribution is 5.50. The van der Waals surface area contributed by atoms with Gasteiger partial charge in [-0.2, -0.15) is 0 Å². The monoisotopic (exact) mass is 280 g/mol. The van der Waals surface area contributed by atoms with Gasteiger partial charge in [-0.3, -0.25) is 0 Å². The third-order valence-corrected chi connectivity index (χ3v) is 5.09. The third kappa shape index (κ3) is 2.41.